The van der Waals surface area contributed by atoms with E-state index in [0.717, 1.165) is 35.4 Å². The molecule has 0 radical (unpaired) electrons. The van der Waals surface area contributed by atoms with E-state index < -0.39 is 17.6 Å². The first kappa shape index (κ1) is 20.7. The van der Waals surface area contributed by atoms with Gasteiger partial charge in [-0.05, 0) is 67.3 Å². The fourth-order valence-corrected chi connectivity index (χ4v) is 3.40. The van der Waals surface area contributed by atoms with E-state index in [1.165, 1.54) is 12.1 Å². The van der Waals surface area contributed by atoms with E-state index in [1.54, 1.807) is 4.40 Å². The number of aromatic nitrogens is 2. The molecule has 0 bridgehead atoms. The lowest BCUT2D eigenvalue weighted by atomic mass is 10.1. The van der Waals surface area contributed by atoms with Crippen LogP contribution in [0.5, 0.6) is 0 Å². The minimum atomic E-state index is -4.45. The molecule has 158 valence electrons. The Morgan fingerprint density at radius 3 is 2.39 bits per heavy atom. The topological polar surface area (TPSA) is 46.4 Å². The number of pyridine rings is 1. The number of amides is 1. The largest absolute Gasteiger partial charge is 0.416 e. The number of fused-ring (bicyclic) bond motifs is 1. The molecule has 0 spiro atoms. The Hall–Kier alpha value is -3.61. The van der Waals surface area contributed by atoms with Crippen LogP contribution in [0.1, 0.15) is 32.7 Å². The summed E-state index contributed by atoms with van der Waals surface area (Å²) in [4.78, 5) is 17.5. The molecular formula is C24H20F3N3O. The van der Waals surface area contributed by atoms with Gasteiger partial charge in [0.15, 0.2) is 0 Å². The summed E-state index contributed by atoms with van der Waals surface area (Å²) in [5, 5.41) is 2.84. The van der Waals surface area contributed by atoms with Gasteiger partial charge in [0.25, 0.3) is 5.91 Å². The van der Waals surface area contributed by atoms with Gasteiger partial charge in [0, 0.05) is 11.8 Å². The van der Waals surface area contributed by atoms with Crippen molar-refractivity contribution >= 4 is 17.4 Å². The lowest BCUT2D eigenvalue weighted by Crippen LogP contribution is -2.15. The van der Waals surface area contributed by atoms with Crippen LogP contribution in [0.15, 0.2) is 72.9 Å². The summed E-state index contributed by atoms with van der Waals surface area (Å²) < 4.78 is 40.2. The van der Waals surface area contributed by atoms with Crippen LogP contribution in [0.3, 0.4) is 0 Å². The van der Waals surface area contributed by atoms with Crippen molar-refractivity contribution < 1.29 is 18.0 Å². The molecule has 7 heteroatoms. The second-order valence-electron chi connectivity index (χ2n) is 7.35. The third-order valence-corrected chi connectivity index (χ3v) is 5.05. The first-order valence-corrected chi connectivity index (χ1v) is 9.81. The first-order valence-electron chi connectivity index (χ1n) is 9.81. The standard InChI is InChI=1S/C24H20F3N3O/c1-16-13-14-30-21(15-16)28-20(12-7-17-5-3-2-4-6-17)22(30)29-23(31)18-8-10-19(11-9-18)24(25,26)27/h2-6,8-11,13-15H,7,12H2,1H3,(H,29,31). The molecule has 31 heavy (non-hydrogen) atoms. The maximum absolute atomic E-state index is 12.8. The van der Waals surface area contributed by atoms with Crippen LogP contribution in [0.4, 0.5) is 19.0 Å². The van der Waals surface area contributed by atoms with Gasteiger partial charge in [0.05, 0.1) is 11.3 Å². The van der Waals surface area contributed by atoms with E-state index in [4.69, 9.17) is 0 Å². The molecule has 2 aromatic heterocycles. The number of halogens is 3. The smallest absolute Gasteiger partial charge is 0.306 e. The summed E-state index contributed by atoms with van der Waals surface area (Å²) in [6, 6.07) is 17.9. The van der Waals surface area contributed by atoms with Gasteiger partial charge in [-0.1, -0.05) is 30.3 Å². The second kappa shape index (κ2) is 8.26. The van der Waals surface area contributed by atoms with E-state index in [2.05, 4.69) is 10.3 Å². The number of nitrogens with zero attached hydrogens (tertiary/aromatic N) is 2. The first-order chi connectivity index (χ1) is 14.8. The van der Waals surface area contributed by atoms with Crippen LogP contribution in [-0.4, -0.2) is 15.3 Å². The van der Waals surface area contributed by atoms with Crippen molar-refractivity contribution in [1.29, 1.82) is 0 Å². The molecule has 0 saturated carbocycles. The van der Waals surface area contributed by atoms with Crippen molar-refractivity contribution in [3.05, 3.63) is 101 Å². The van der Waals surface area contributed by atoms with E-state index in [-0.39, 0.29) is 5.56 Å². The van der Waals surface area contributed by atoms with Gasteiger partial charge in [-0.15, -0.1) is 0 Å². The van der Waals surface area contributed by atoms with E-state index >= 15 is 0 Å². The minimum absolute atomic E-state index is 0.143. The zero-order valence-electron chi connectivity index (χ0n) is 16.8. The summed E-state index contributed by atoms with van der Waals surface area (Å²) in [5.74, 6) is 0.0351. The Kier molecular flexibility index (Phi) is 5.50. The average Bonchev–Trinajstić information content (AvgIpc) is 3.08. The van der Waals surface area contributed by atoms with Gasteiger partial charge in [-0.25, -0.2) is 4.98 Å². The zero-order chi connectivity index (χ0) is 22.0. The van der Waals surface area contributed by atoms with Gasteiger partial charge < -0.3 is 5.32 Å². The molecule has 1 amide bonds. The highest BCUT2D eigenvalue weighted by molar-refractivity contribution is 6.04. The van der Waals surface area contributed by atoms with Gasteiger partial charge in [0.1, 0.15) is 11.5 Å². The summed E-state index contributed by atoms with van der Waals surface area (Å²) in [7, 11) is 0. The van der Waals surface area contributed by atoms with Crippen molar-refractivity contribution in [3.8, 4) is 0 Å². The number of imidazole rings is 1. The maximum Gasteiger partial charge on any atom is 0.416 e. The fraction of sp³-hybridized carbons (Fsp3) is 0.167. The van der Waals surface area contributed by atoms with Crippen molar-refractivity contribution in [2.75, 3.05) is 5.32 Å². The third kappa shape index (κ3) is 4.60. The lowest BCUT2D eigenvalue weighted by molar-refractivity contribution is -0.137. The van der Waals surface area contributed by atoms with Gasteiger partial charge in [-0.2, -0.15) is 13.2 Å². The molecule has 2 heterocycles. The van der Waals surface area contributed by atoms with E-state index in [1.807, 2.05) is 55.6 Å². The predicted molar refractivity (Wildman–Crippen MR) is 113 cm³/mol. The van der Waals surface area contributed by atoms with Crippen LogP contribution in [0.25, 0.3) is 5.65 Å². The van der Waals surface area contributed by atoms with Crippen molar-refractivity contribution in [2.24, 2.45) is 0 Å². The Labute approximate surface area is 177 Å². The normalized spacial score (nSPS) is 11.6. The van der Waals surface area contributed by atoms with E-state index in [0.29, 0.717) is 17.9 Å². The fourth-order valence-electron chi connectivity index (χ4n) is 3.40. The molecule has 0 fully saturated rings. The van der Waals surface area contributed by atoms with Gasteiger partial charge in [0.2, 0.25) is 0 Å². The molecule has 4 rings (SSSR count). The average molecular weight is 423 g/mol. The predicted octanol–water partition coefficient (Wildman–Crippen LogP) is 5.70. The molecule has 0 atom stereocenters. The van der Waals surface area contributed by atoms with Crippen molar-refractivity contribution in [1.82, 2.24) is 9.38 Å². The summed E-state index contributed by atoms with van der Waals surface area (Å²) >= 11 is 0. The molecule has 0 aliphatic carbocycles. The molecule has 2 aromatic carbocycles. The summed E-state index contributed by atoms with van der Waals surface area (Å²) in [6.07, 6.45) is -1.27. The third-order valence-electron chi connectivity index (χ3n) is 5.05. The van der Waals surface area contributed by atoms with E-state index in [9.17, 15) is 18.0 Å². The molecule has 0 aliphatic rings. The molecule has 4 nitrogen and oxygen atoms in total. The number of carbonyl (C=O) groups is 1. The number of anilines is 1. The summed E-state index contributed by atoms with van der Waals surface area (Å²) in [5.41, 5.74) is 2.95. The minimum Gasteiger partial charge on any atom is -0.306 e. The van der Waals surface area contributed by atoms with Crippen molar-refractivity contribution in [2.45, 2.75) is 25.9 Å². The Morgan fingerprint density at radius 2 is 1.71 bits per heavy atom. The highest BCUT2D eigenvalue weighted by Gasteiger charge is 2.30. The monoisotopic (exact) mass is 423 g/mol. The SMILES string of the molecule is Cc1ccn2c(NC(=O)c3ccc(C(F)(F)F)cc3)c(CCc3ccccc3)nc2c1. The molecule has 1 N–H and O–H groups in total. The highest BCUT2D eigenvalue weighted by Crippen LogP contribution is 2.29. The number of hydrogen-bond donors (Lipinski definition) is 1. The second-order valence-corrected chi connectivity index (χ2v) is 7.35. The summed E-state index contributed by atoms with van der Waals surface area (Å²) in [6.45, 7) is 1.96. The Morgan fingerprint density at radius 1 is 1.00 bits per heavy atom. The number of benzene rings is 2. The molecule has 4 aromatic rings. The molecule has 0 aliphatic heterocycles. The van der Waals surface area contributed by atoms with Gasteiger partial charge >= 0.3 is 6.18 Å². The van der Waals surface area contributed by atoms with Crippen LogP contribution in [0.2, 0.25) is 0 Å². The van der Waals surface area contributed by atoms with Crippen LogP contribution in [0, 0.1) is 6.92 Å². The molecule has 0 saturated heterocycles. The number of aryl methyl sites for hydroxylation is 3. The number of hydrogen-bond acceptors (Lipinski definition) is 2. The molecule has 0 unspecified atom stereocenters. The van der Waals surface area contributed by atoms with Crippen LogP contribution < -0.4 is 5.32 Å². The highest BCUT2D eigenvalue weighted by atomic mass is 19.4. The molecular weight excluding hydrogens is 403 g/mol. The zero-order valence-corrected chi connectivity index (χ0v) is 16.8. The van der Waals surface area contributed by atoms with Crippen LogP contribution >= 0.6 is 0 Å². The number of carbonyl (C=O) groups excluding carboxylic acids is 1. The van der Waals surface area contributed by atoms with Gasteiger partial charge in [-0.3, -0.25) is 9.20 Å². The lowest BCUT2D eigenvalue weighted by Gasteiger charge is -2.10. The maximum atomic E-state index is 12.8. The Bertz CT molecular complexity index is 1210. The number of alkyl halides is 3. The number of rotatable bonds is 5. The van der Waals surface area contributed by atoms with Crippen molar-refractivity contribution in [3.63, 3.8) is 0 Å². The van der Waals surface area contributed by atoms with Crippen LogP contribution in [-0.2, 0) is 19.0 Å². The quantitative estimate of drug-likeness (QED) is 0.448. The Balaban J connectivity index is 1.62. The number of nitrogens with one attached hydrogen (secondary N) is 1.